The molecular weight excluding hydrogens is 476 g/mol. The van der Waals surface area contributed by atoms with Crippen molar-refractivity contribution in [3.05, 3.63) is 109 Å². The van der Waals surface area contributed by atoms with Gasteiger partial charge in [-0.1, -0.05) is 97.8 Å². The summed E-state index contributed by atoms with van der Waals surface area (Å²) in [4.78, 5) is 24.0. The maximum absolute atomic E-state index is 12.0. The minimum atomic E-state index is -0.460. The molecule has 4 rings (SSSR count). The van der Waals surface area contributed by atoms with Crippen LogP contribution in [0.3, 0.4) is 0 Å². The van der Waals surface area contributed by atoms with Crippen molar-refractivity contribution in [2.24, 2.45) is 0 Å². The van der Waals surface area contributed by atoms with E-state index in [2.05, 4.69) is 10.6 Å². The third-order valence-corrected chi connectivity index (χ3v) is 5.99. The topological polar surface area (TPSA) is 76.7 Å². The molecule has 0 unspecified atom stereocenters. The predicted molar refractivity (Wildman–Crippen MR) is 150 cm³/mol. The van der Waals surface area contributed by atoms with Gasteiger partial charge >= 0.3 is 12.2 Å². The van der Waals surface area contributed by atoms with Crippen LogP contribution in [0.4, 0.5) is 9.59 Å². The number of ether oxygens (including phenoxy) is 2. The van der Waals surface area contributed by atoms with Gasteiger partial charge in [-0.05, 0) is 59.4 Å². The van der Waals surface area contributed by atoms with E-state index in [4.69, 9.17) is 9.47 Å². The Kier molecular flexibility index (Phi) is 9.92. The van der Waals surface area contributed by atoms with Crippen LogP contribution >= 0.6 is 0 Å². The van der Waals surface area contributed by atoms with Crippen molar-refractivity contribution >= 4 is 12.2 Å². The van der Waals surface area contributed by atoms with Crippen molar-refractivity contribution in [1.29, 1.82) is 0 Å². The van der Waals surface area contributed by atoms with E-state index < -0.39 is 12.2 Å². The fraction of sp³-hybridized carbons (Fsp3) is 0.188. The van der Waals surface area contributed by atoms with E-state index in [1.54, 1.807) is 24.3 Å². The Labute approximate surface area is 223 Å². The largest absolute Gasteiger partial charge is 0.412 e. The van der Waals surface area contributed by atoms with E-state index in [9.17, 15) is 9.59 Å². The second kappa shape index (κ2) is 14.2. The van der Waals surface area contributed by atoms with Crippen LogP contribution in [-0.2, 0) is 0 Å². The lowest BCUT2D eigenvalue weighted by Gasteiger charge is -2.09. The zero-order chi connectivity index (χ0) is 26.4. The number of hydrogen-bond acceptors (Lipinski definition) is 4. The zero-order valence-corrected chi connectivity index (χ0v) is 21.3. The third kappa shape index (κ3) is 8.52. The van der Waals surface area contributed by atoms with Gasteiger partial charge in [-0.2, -0.15) is 0 Å². The lowest BCUT2D eigenvalue weighted by atomic mass is 10.1. The van der Waals surface area contributed by atoms with Crippen LogP contribution < -0.4 is 20.1 Å². The van der Waals surface area contributed by atoms with Gasteiger partial charge in [0.2, 0.25) is 0 Å². The molecule has 0 aromatic heterocycles. The van der Waals surface area contributed by atoms with Crippen molar-refractivity contribution < 1.29 is 19.1 Å². The number of carbonyl (C=O) groups excluding carboxylic acids is 2. The molecule has 2 amide bonds. The summed E-state index contributed by atoms with van der Waals surface area (Å²) < 4.78 is 10.7. The summed E-state index contributed by atoms with van der Waals surface area (Å²) >= 11 is 0. The lowest BCUT2D eigenvalue weighted by molar-refractivity contribution is 0.198. The van der Waals surface area contributed by atoms with Crippen LogP contribution in [-0.4, -0.2) is 25.3 Å². The van der Waals surface area contributed by atoms with Gasteiger partial charge < -0.3 is 20.1 Å². The molecule has 4 aromatic carbocycles. The van der Waals surface area contributed by atoms with Crippen LogP contribution in [0, 0.1) is 0 Å². The van der Waals surface area contributed by atoms with Gasteiger partial charge in [0.25, 0.3) is 0 Å². The highest BCUT2D eigenvalue weighted by Crippen LogP contribution is 2.23. The zero-order valence-electron chi connectivity index (χ0n) is 21.3. The number of benzene rings is 4. The van der Waals surface area contributed by atoms with E-state index in [-0.39, 0.29) is 0 Å². The fourth-order valence-corrected chi connectivity index (χ4v) is 3.96. The molecule has 0 bridgehead atoms. The molecule has 0 aliphatic carbocycles. The minimum absolute atomic E-state index is 0.460. The molecule has 0 spiro atoms. The Morgan fingerprint density at radius 1 is 0.447 bits per heavy atom. The molecule has 0 aliphatic rings. The Morgan fingerprint density at radius 2 is 0.789 bits per heavy atom. The van der Waals surface area contributed by atoms with Gasteiger partial charge in [0, 0.05) is 13.1 Å². The molecule has 38 heavy (non-hydrogen) atoms. The fourth-order valence-electron chi connectivity index (χ4n) is 3.96. The molecule has 0 atom stereocenters. The second-order valence-electron chi connectivity index (χ2n) is 8.83. The third-order valence-electron chi connectivity index (χ3n) is 5.99. The molecule has 0 saturated heterocycles. The molecule has 0 aliphatic heterocycles. The molecule has 6 heteroatoms. The predicted octanol–water partition coefficient (Wildman–Crippen LogP) is 7.46. The average Bonchev–Trinajstić information content (AvgIpc) is 2.96. The van der Waals surface area contributed by atoms with Crippen molar-refractivity contribution in [1.82, 2.24) is 10.6 Å². The summed E-state index contributed by atoms with van der Waals surface area (Å²) in [5, 5.41) is 5.55. The van der Waals surface area contributed by atoms with Gasteiger partial charge in [-0.15, -0.1) is 0 Å². The SMILES string of the molecule is O=C(NCCCCCCNC(=O)Oc1ccc(-c2ccccc2)cc1)Oc1ccc(-c2ccccc2)cc1. The molecule has 194 valence electrons. The first kappa shape index (κ1) is 26.5. The Balaban J connectivity index is 1.03. The van der Waals surface area contributed by atoms with Crippen molar-refractivity contribution in [3.63, 3.8) is 0 Å². The molecule has 0 radical (unpaired) electrons. The number of nitrogens with one attached hydrogen (secondary N) is 2. The van der Waals surface area contributed by atoms with E-state index in [0.717, 1.165) is 47.9 Å². The molecule has 0 saturated carbocycles. The van der Waals surface area contributed by atoms with E-state index in [1.807, 2.05) is 84.9 Å². The molecular formula is C32H32N2O4. The summed E-state index contributed by atoms with van der Waals surface area (Å²) in [6.07, 6.45) is 2.62. The number of rotatable bonds is 11. The highest BCUT2D eigenvalue weighted by molar-refractivity contribution is 5.72. The van der Waals surface area contributed by atoms with Gasteiger partial charge in [0.05, 0.1) is 0 Å². The van der Waals surface area contributed by atoms with Crippen LogP contribution in [0.2, 0.25) is 0 Å². The molecule has 6 nitrogen and oxygen atoms in total. The normalized spacial score (nSPS) is 10.4. The van der Waals surface area contributed by atoms with E-state index in [1.165, 1.54) is 0 Å². The van der Waals surface area contributed by atoms with Crippen molar-refractivity contribution in [2.45, 2.75) is 25.7 Å². The van der Waals surface area contributed by atoms with E-state index in [0.29, 0.717) is 24.6 Å². The number of unbranched alkanes of at least 4 members (excludes halogenated alkanes) is 3. The molecule has 2 N–H and O–H groups in total. The average molecular weight is 509 g/mol. The smallest absolute Gasteiger partial charge is 0.410 e. The summed E-state index contributed by atoms with van der Waals surface area (Å²) in [7, 11) is 0. The van der Waals surface area contributed by atoms with Crippen LogP contribution in [0.15, 0.2) is 109 Å². The first-order valence-corrected chi connectivity index (χ1v) is 12.9. The van der Waals surface area contributed by atoms with Gasteiger partial charge in [-0.25, -0.2) is 9.59 Å². The van der Waals surface area contributed by atoms with Crippen LogP contribution in [0.1, 0.15) is 25.7 Å². The monoisotopic (exact) mass is 508 g/mol. The maximum Gasteiger partial charge on any atom is 0.412 e. The lowest BCUT2D eigenvalue weighted by Crippen LogP contribution is -2.28. The number of amides is 2. The number of carbonyl (C=O) groups is 2. The summed E-state index contributed by atoms with van der Waals surface area (Å²) in [6, 6.07) is 35.0. The Bertz CT molecular complexity index is 1170. The van der Waals surface area contributed by atoms with Crippen molar-refractivity contribution in [2.75, 3.05) is 13.1 Å². The van der Waals surface area contributed by atoms with Gasteiger partial charge in [0.1, 0.15) is 11.5 Å². The quantitative estimate of drug-likeness (QED) is 0.206. The Hall–Kier alpha value is -4.58. The van der Waals surface area contributed by atoms with Crippen LogP contribution in [0.25, 0.3) is 22.3 Å². The van der Waals surface area contributed by atoms with E-state index >= 15 is 0 Å². The maximum atomic E-state index is 12.0. The first-order chi connectivity index (χ1) is 18.7. The second-order valence-corrected chi connectivity index (χ2v) is 8.83. The molecule has 0 heterocycles. The van der Waals surface area contributed by atoms with Gasteiger partial charge in [0.15, 0.2) is 0 Å². The minimum Gasteiger partial charge on any atom is -0.410 e. The Morgan fingerprint density at radius 3 is 1.16 bits per heavy atom. The summed E-state index contributed by atoms with van der Waals surface area (Å²) in [5.41, 5.74) is 4.37. The number of hydrogen-bond donors (Lipinski definition) is 2. The highest BCUT2D eigenvalue weighted by atomic mass is 16.6. The summed E-state index contributed by atoms with van der Waals surface area (Å²) in [5.74, 6) is 1.01. The van der Waals surface area contributed by atoms with Crippen molar-refractivity contribution in [3.8, 4) is 33.8 Å². The van der Waals surface area contributed by atoms with Crippen LogP contribution in [0.5, 0.6) is 11.5 Å². The highest BCUT2D eigenvalue weighted by Gasteiger charge is 2.06. The summed E-state index contributed by atoms with van der Waals surface area (Å²) in [6.45, 7) is 1.07. The molecule has 4 aromatic rings. The van der Waals surface area contributed by atoms with Gasteiger partial charge in [-0.3, -0.25) is 0 Å². The molecule has 0 fully saturated rings. The standard InChI is InChI=1S/C32H32N2O4/c35-31(37-29-19-15-27(16-20-29)25-11-5-3-6-12-25)33-23-9-1-2-10-24-34-32(36)38-30-21-17-28(18-22-30)26-13-7-4-8-14-26/h3-8,11-22H,1-2,9-10,23-24H2,(H,33,35)(H,34,36). The first-order valence-electron chi connectivity index (χ1n) is 12.9.